The molecular formula is C29H38N6O8S. The highest BCUT2D eigenvalue weighted by molar-refractivity contribution is 7.89. The molecule has 0 aromatic heterocycles. The van der Waals surface area contributed by atoms with Crippen molar-refractivity contribution < 1.29 is 37.4 Å². The molecule has 14 nitrogen and oxygen atoms in total. The van der Waals surface area contributed by atoms with Gasteiger partial charge in [0.25, 0.3) is 0 Å². The standard InChI is InChI=1S/C29H38N6O8S/c1-2-43-29(40)27(32-30)34-13-5-6-19(17-34)16-31-25(36)15-24(28(39)35(18-26(37)38)22-10-11-22)33-44(41,42)23-12-9-20-7-3-4-8-21(20)14-23/h3-4,7-9,12,14,19,22,24,33H,2,5-6,10-11,13,15-18,30H2,1H3,(H,31,36)(H,37,38)/t19-,24-/m0/s1. The summed E-state index contributed by atoms with van der Waals surface area (Å²) >= 11 is 0. The van der Waals surface area contributed by atoms with Gasteiger partial charge in [0.1, 0.15) is 12.6 Å². The van der Waals surface area contributed by atoms with Crippen LogP contribution in [0.5, 0.6) is 0 Å². The van der Waals surface area contributed by atoms with E-state index >= 15 is 0 Å². The topological polar surface area (TPSA) is 201 Å². The van der Waals surface area contributed by atoms with Crippen LogP contribution in [0.2, 0.25) is 0 Å². The fraction of sp³-hybridized carbons (Fsp3) is 0.483. The van der Waals surface area contributed by atoms with Gasteiger partial charge in [0.05, 0.1) is 17.9 Å². The molecule has 2 amide bonds. The molecule has 1 aliphatic carbocycles. The van der Waals surface area contributed by atoms with Crippen LogP contribution >= 0.6 is 0 Å². The van der Waals surface area contributed by atoms with Gasteiger partial charge in [-0.2, -0.15) is 9.82 Å². The smallest absolute Gasteiger partial charge is 0.375 e. The molecule has 5 N–H and O–H groups in total. The van der Waals surface area contributed by atoms with Crippen molar-refractivity contribution in [3.63, 3.8) is 0 Å². The van der Waals surface area contributed by atoms with Gasteiger partial charge in [-0.15, -0.1) is 0 Å². The Hall–Kier alpha value is -4.24. The highest BCUT2D eigenvalue weighted by Gasteiger charge is 2.39. The molecule has 1 saturated carbocycles. The number of piperidine rings is 1. The number of nitrogens with zero attached hydrogens (tertiary/aromatic N) is 3. The quantitative estimate of drug-likeness (QED) is 0.0847. The lowest BCUT2D eigenvalue weighted by Crippen LogP contribution is -2.52. The summed E-state index contributed by atoms with van der Waals surface area (Å²) in [4.78, 5) is 53.1. The van der Waals surface area contributed by atoms with Crippen LogP contribution in [0.15, 0.2) is 52.5 Å². The molecule has 2 aromatic rings. The number of hydrogen-bond donors (Lipinski definition) is 4. The summed E-state index contributed by atoms with van der Waals surface area (Å²) < 4.78 is 34.3. The molecule has 2 aliphatic rings. The van der Waals surface area contributed by atoms with Crippen LogP contribution in [0, 0.1) is 5.92 Å². The molecule has 1 aliphatic heterocycles. The second kappa shape index (κ2) is 14.5. The van der Waals surface area contributed by atoms with Gasteiger partial charge in [-0.1, -0.05) is 30.3 Å². The van der Waals surface area contributed by atoms with Crippen LogP contribution in [0.25, 0.3) is 10.8 Å². The zero-order valence-electron chi connectivity index (χ0n) is 24.5. The second-order valence-electron chi connectivity index (χ2n) is 10.9. The minimum atomic E-state index is -4.28. The number of aliphatic carboxylic acids is 1. The number of carboxylic acids is 1. The fourth-order valence-corrected chi connectivity index (χ4v) is 6.51. The highest BCUT2D eigenvalue weighted by atomic mass is 32.2. The maximum atomic E-state index is 13.6. The van der Waals surface area contributed by atoms with E-state index in [1.165, 1.54) is 12.1 Å². The Bertz CT molecular complexity index is 1530. The SMILES string of the molecule is CCOC(=O)C(=NN)N1CCC[C@@H](CNC(=O)C[C@H](NS(=O)(=O)c2ccc3ccccc3c2)C(=O)N(CC(=O)O)C2CC2)C1. The number of nitrogens with one attached hydrogen (secondary N) is 2. The Labute approximate surface area is 255 Å². The number of carbonyl (C=O) groups is 4. The molecule has 0 spiro atoms. The van der Waals surface area contributed by atoms with E-state index in [9.17, 15) is 32.7 Å². The first kappa shape index (κ1) is 32.7. The van der Waals surface area contributed by atoms with Gasteiger partial charge in [-0.3, -0.25) is 14.4 Å². The van der Waals surface area contributed by atoms with E-state index in [-0.39, 0.29) is 35.8 Å². The van der Waals surface area contributed by atoms with E-state index in [1.54, 1.807) is 30.0 Å². The number of nitrogens with two attached hydrogens (primary N) is 1. The van der Waals surface area contributed by atoms with E-state index in [2.05, 4.69) is 15.1 Å². The predicted octanol–water partition coefficient (Wildman–Crippen LogP) is 0.616. The van der Waals surface area contributed by atoms with Gasteiger partial charge >= 0.3 is 11.9 Å². The van der Waals surface area contributed by atoms with Crippen molar-refractivity contribution in [2.24, 2.45) is 16.9 Å². The van der Waals surface area contributed by atoms with Gasteiger partial charge < -0.3 is 30.8 Å². The lowest BCUT2D eigenvalue weighted by molar-refractivity contribution is -0.146. The summed E-state index contributed by atoms with van der Waals surface area (Å²) in [5.74, 6) is 2.09. The monoisotopic (exact) mass is 630 g/mol. The number of amidine groups is 1. The molecule has 238 valence electrons. The molecule has 1 saturated heterocycles. The third kappa shape index (κ3) is 8.44. The molecule has 15 heteroatoms. The summed E-state index contributed by atoms with van der Waals surface area (Å²) in [6.07, 6.45) is 2.09. The minimum Gasteiger partial charge on any atom is -0.480 e. The van der Waals surface area contributed by atoms with Crippen molar-refractivity contribution in [2.45, 2.75) is 56.0 Å². The number of ether oxygens (including phenoxy) is 1. The number of amides is 2. The normalized spacial score (nSPS) is 18.0. The zero-order chi connectivity index (χ0) is 31.9. The minimum absolute atomic E-state index is 0.00441. The summed E-state index contributed by atoms with van der Waals surface area (Å²) in [5, 5.41) is 17.2. The molecule has 2 aromatic carbocycles. The molecule has 2 atom stereocenters. The van der Waals surface area contributed by atoms with Crippen molar-refractivity contribution in [1.29, 1.82) is 0 Å². The van der Waals surface area contributed by atoms with Gasteiger partial charge in [0.15, 0.2) is 0 Å². The number of carboxylic acid groups (broad SMARTS) is 1. The Morgan fingerprint density at radius 2 is 1.86 bits per heavy atom. The Morgan fingerprint density at radius 1 is 1.14 bits per heavy atom. The van der Waals surface area contributed by atoms with Crippen LogP contribution in [0.1, 0.15) is 39.0 Å². The third-order valence-electron chi connectivity index (χ3n) is 7.58. The number of sulfonamides is 1. The molecular weight excluding hydrogens is 592 g/mol. The van der Waals surface area contributed by atoms with Gasteiger partial charge in [-0.05, 0) is 61.4 Å². The first-order valence-electron chi connectivity index (χ1n) is 14.5. The molecule has 44 heavy (non-hydrogen) atoms. The number of likely N-dealkylation sites (tertiary alicyclic amines) is 1. The summed E-state index contributed by atoms with van der Waals surface area (Å²) in [6, 6.07) is 9.85. The second-order valence-corrected chi connectivity index (χ2v) is 12.6. The van der Waals surface area contributed by atoms with Crippen LogP contribution in [-0.2, 0) is 33.9 Å². The van der Waals surface area contributed by atoms with E-state index in [0.717, 1.165) is 16.7 Å². The first-order chi connectivity index (χ1) is 21.0. The molecule has 0 bridgehead atoms. The van der Waals surface area contributed by atoms with E-state index < -0.39 is 52.8 Å². The largest absolute Gasteiger partial charge is 0.480 e. The Kier molecular flexibility index (Phi) is 10.8. The first-order valence-corrected chi connectivity index (χ1v) is 16.0. The number of fused-ring (bicyclic) bond motifs is 1. The van der Waals surface area contributed by atoms with E-state index in [0.29, 0.717) is 37.7 Å². The molecule has 0 radical (unpaired) electrons. The third-order valence-corrected chi connectivity index (χ3v) is 9.05. The predicted molar refractivity (Wildman–Crippen MR) is 161 cm³/mol. The fourth-order valence-electron chi connectivity index (χ4n) is 5.29. The maximum Gasteiger partial charge on any atom is 0.375 e. The van der Waals surface area contributed by atoms with Gasteiger partial charge in [-0.25, -0.2) is 13.2 Å². The number of hydrogen-bond acceptors (Lipinski definition) is 9. The number of hydrazone groups is 1. The van der Waals surface area contributed by atoms with Crippen LogP contribution in [0.3, 0.4) is 0 Å². The van der Waals surface area contributed by atoms with Crippen LogP contribution in [0.4, 0.5) is 0 Å². The lowest BCUT2D eigenvalue weighted by atomic mass is 9.97. The average molecular weight is 631 g/mol. The number of esters is 1. The molecule has 2 fully saturated rings. The van der Waals surface area contributed by atoms with Gasteiger partial charge in [0, 0.05) is 25.7 Å². The highest BCUT2D eigenvalue weighted by Crippen LogP contribution is 2.28. The lowest BCUT2D eigenvalue weighted by Gasteiger charge is -2.33. The Morgan fingerprint density at radius 3 is 2.52 bits per heavy atom. The number of carbonyl (C=O) groups excluding carboxylic acids is 3. The summed E-state index contributed by atoms with van der Waals surface area (Å²) in [5.41, 5.74) is 0. The van der Waals surface area contributed by atoms with Crippen molar-refractivity contribution in [3.05, 3.63) is 42.5 Å². The van der Waals surface area contributed by atoms with Crippen molar-refractivity contribution >= 4 is 50.4 Å². The summed E-state index contributed by atoms with van der Waals surface area (Å²) in [7, 11) is -4.28. The summed E-state index contributed by atoms with van der Waals surface area (Å²) in [6.45, 7) is 2.33. The number of benzene rings is 2. The van der Waals surface area contributed by atoms with Crippen LogP contribution < -0.4 is 15.9 Å². The zero-order valence-corrected chi connectivity index (χ0v) is 25.3. The van der Waals surface area contributed by atoms with Crippen molar-refractivity contribution in [3.8, 4) is 0 Å². The Balaban J connectivity index is 1.47. The average Bonchev–Trinajstić information content (AvgIpc) is 3.84. The van der Waals surface area contributed by atoms with Crippen molar-refractivity contribution in [1.82, 2.24) is 19.8 Å². The van der Waals surface area contributed by atoms with E-state index in [4.69, 9.17) is 10.6 Å². The van der Waals surface area contributed by atoms with Crippen LogP contribution in [-0.4, -0.2) is 97.8 Å². The number of rotatable bonds is 12. The van der Waals surface area contributed by atoms with Gasteiger partial charge in [0.2, 0.25) is 27.7 Å². The molecule has 0 unspecified atom stereocenters. The maximum absolute atomic E-state index is 13.6. The molecule has 4 rings (SSSR count). The molecule has 1 heterocycles. The van der Waals surface area contributed by atoms with E-state index in [1.807, 2.05) is 12.1 Å². The van der Waals surface area contributed by atoms with Crippen molar-refractivity contribution in [2.75, 3.05) is 32.8 Å².